The highest BCUT2D eigenvalue weighted by molar-refractivity contribution is 5.71. The van der Waals surface area contributed by atoms with Crippen LogP contribution in [0, 0.1) is 0 Å². The maximum absolute atomic E-state index is 11.1. The molecular weight excluding hydrogens is 166 g/mol. The molecule has 0 heterocycles. The van der Waals surface area contributed by atoms with Crippen LogP contribution in [0.3, 0.4) is 0 Å². The molecule has 0 bridgehead atoms. The van der Waals surface area contributed by atoms with E-state index in [0.717, 1.165) is 6.42 Å². The molecule has 0 aromatic heterocycles. The van der Waals surface area contributed by atoms with E-state index >= 15 is 0 Å². The molecule has 1 fully saturated rings. The molecule has 0 aliphatic heterocycles. The zero-order valence-electron chi connectivity index (χ0n) is 8.34. The molecule has 0 aromatic carbocycles. The zero-order chi connectivity index (χ0) is 9.52. The Hall–Kier alpha value is -0.570. The first-order chi connectivity index (χ1) is 6.33. The Morgan fingerprint density at radius 2 is 2.15 bits per heavy atom. The molecule has 1 saturated carbocycles. The molecule has 1 rings (SSSR count). The zero-order valence-corrected chi connectivity index (χ0v) is 8.34. The van der Waals surface area contributed by atoms with Gasteiger partial charge in [0.25, 0.3) is 0 Å². The monoisotopic (exact) mass is 185 g/mol. The fraction of sp³-hybridized carbons (Fsp3) is 0.900. The molecule has 1 aliphatic carbocycles. The van der Waals surface area contributed by atoms with Gasteiger partial charge in [-0.2, -0.15) is 0 Å². The first kappa shape index (κ1) is 10.5. The Morgan fingerprint density at radius 1 is 1.46 bits per heavy atom. The number of hydrogen-bond acceptors (Lipinski definition) is 3. The first-order valence-electron chi connectivity index (χ1n) is 5.22. The SMILES string of the molecule is CCCOC(=O)CNC1CCCC1. The van der Waals surface area contributed by atoms with Crippen LogP contribution in [0.15, 0.2) is 0 Å². The number of hydrogen-bond donors (Lipinski definition) is 1. The highest BCUT2D eigenvalue weighted by Crippen LogP contribution is 2.17. The second-order valence-electron chi connectivity index (χ2n) is 3.58. The summed E-state index contributed by atoms with van der Waals surface area (Å²) in [5.74, 6) is -0.117. The third kappa shape index (κ3) is 4.27. The maximum atomic E-state index is 11.1. The molecule has 0 amide bonds. The molecule has 0 atom stereocenters. The largest absolute Gasteiger partial charge is 0.465 e. The number of rotatable bonds is 5. The highest BCUT2D eigenvalue weighted by atomic mass is 16.5. The van der Waals surface area contributed by atoms with Gasteiger partial charge in [0.15, 0.2) is 0 Å². The number of nitrogens with one attached hydrogen (secondary N) is 1. The summed E-state index contributed by atoms with van der Waals surface area (Å²) in [5, 5.41) is 3.22. The predicted molar refractivity (Wildman–Crippen MR) is 51.5 cm³/mol. The number of ether oxygens (including phenoxy) is 1. The third-order valence-corrected chi connectivity index (χ3v) is 2.36. The van der Waals surface area contributed by atoms with Crippen molar-refractivity contribution in [2.24, 2.45) is 0 Å². The minimum Gasteiger partial charge on any atom is -0.465 e. The fourth-order valence-corrected chi connectivity index (χ4v) is 1.62. The second kappa shape index (κ2) is 5.97. The van der Waals surface area contributed by atoms with Crippen molar-refractivity contribution in [2.45, 2.75) is 45.1 Å². The van der Waals surface area contributed by atoms with Crippen LogP contribution in [0.2, 0.25) is 0 Å². The van der Waals surface area contributed by atoms with Crippen LogP contribution in [-0.4, -0.2) is 25.2 Å². The summed E-state index contributed by atoms with van der Waals surface area (Å²) in [7, 11) is 0. The quantitative estimate of drug-likeness (QED) is 0.659. The standard InChI is InChI=1S/C10H19NO2/c1-2-7-13-10(12)8-11-9-5-3-4-6-9/h9,11H,2-8H2,1H3. The van der Waals surface area contributed by atoms with Gasteiger partial charge in [-0.25, -0.2) is 0 Å². The minimum atomic E-state index is -0.117. The van der Waals surface area contributed by atoms with Crippen molar-refractivity contribution in [3.8, 4) is 0 Å². The van der Waals surface area contributed by atoms with Crippen LogP contribution in [0.25, 0.3) is 0 Å². The Bertz CT molecular complexity index is 153. The Balaban J connectivity index is 2.00. The van der Waals surface area contributed by atoms with Gasteiger partial charge in [-0.05, 0) is 19.3 Å². The average molecular weight is 185 g/mol. The van der Waals surface area contributed by atoms with E-state index in [1.165, 1.54) is 25.7 Å². The molecule has 0 radical (unpaired) electrons. The van der Waals surface area contributed by atoms with Crippen LogP contribution < -0.4 is 5.32 Å². The average Bonchev–Trinajstić information content (AvgIpc) is 2.64. The topological polar surface area (TPSA) is 38.3 Å². The van der Waals surface area contributed by atoms with Crippen molar-refractivity contribution in [1.82, 2.24) is 5.32 Å². The van der Waals surface area contributed by atoms with Gasteiger partial charge in [-0.15, -0.1) is 0 Å². The molecule has 0 spiro atoms. The van der Waals surface area contributed by atoms with Crippen molar-refractivity contribution in [1.29, 1.82) is 0 Å². The van der Waals surface area contributed by atoms with Gasteiger partial charge in [-0.3, -0.25) is 4.79 Å². The van der Waals surface area contributed by atoms with E-state index in [2.05, 4.69) is 5.32 Å². The first-order valence-corrected chi connectivity index (χ1v) is 5.22. The van der Waals surface area contributed by atoms with Gasteiger partial charge < -0.3 is 10.1 Å². The van der Waals surface area contributed by atoms with Crippen molar-refractivity contribution in [3.63, 3.8) is 0 Å². The Labute approximate surface area is 79.8 Å². The molecule has 3 heteroatoms. The predicted octanol–water partition coefficient (Wildman–Crippen LogP) is 1.47. The summed E-state index contributed by atoms with van der Waals surface area (Å²) >= 11 is 0. The van der Waals surface area contributed by atoms with Crippen molar-refractivity contribution >= 4 is 5.97 Å². The Morgan fingerprint density at radius 3 is 2.77 bits per heavy atom. The normalized spacial score (nSPS) is 17.6. The molecule has 0 saturated heterocycles. The molecule has 1 N–H and O–H groups in total. The number of esters is 1. The van der Waals surface area contributed by atoms with Crippen LogP contribution in [0.1, 0.15) is 39.0 Å². The smallest absolute Gasteiger partial charge is 0.319 e. The van der Waals surface area contributed by atoms with Gasteiger partial charge in [0.05, 0.1) is 13.2 Å². The van der Waals surface area contributed by atoms with E-state index in [0.29, 0.717) is 19.2 Å². The lowest BCUT2D eigenvalue weighted by molar-refractivity contribution is -0.142. The fourth-order valence-electron chi connectivity index (χ4n) is 1.62. The summed E-state index contributed by atoms with van der Waals surface area (Å²) < 4.78 is 4.95. The summed E-state index contributed by atoms with van der Waals surface area (Å²) in [6, 6.07) is 0.550. The van der Waals surface area contributed by atoms with Gasteiger partial charge in [0.1, 0.15) is 0 Å². The molecule has 1 aliphatic rings. The van der Waals surface area contributed by atoms with Crippen LogP contribution in [0.5, 0.6) is 0 Å². The lowest BCUT2D eigenvalue weighted by Crippen LogP contribution is -2.32. The van der Waals surface area contributed by atoms with E-state index in [1.54, 1.807) is 0 Å². The van der Waals surface area contributed by atoms with Crippen molar-refractivity contribution in [2.75, 3.05) is 13.2 Å². The Kier molecular flexibility index (Phi) is 4.83. The maximum Gasteiger partial charge on any atom is 0.319 e. The lowest BCUT2D eigenvalue weighted by atomic mass is 10.2. The van der Waals surface area contributed by atoms with Crippen molar-refractivity contribution < 1.29 is 9.53 Å². The summed E-state index contributed by atoms with van der Waals surface area (Å²) in [5.41, 5.74) is 0. The van der Waals surface area contributed by atoms with E-state index in [-0.39, 0.29) is 5.97 Å². The molecule has 0 aromatic rings. The van der Waals surface area contributed by atoms with Crippen LogP contribution >= 0.6 is 0 Å². The van der Waals surface area contributed by atoms with Gasteiger partial charge >= 0.3 is 5.97 Å². The third-order valence-electron chi connectivity index (χ3n) is 2.36. The van der Waals surface area contributed by atoms with E-state index in [9.17, 15) is 4.79 Å². The number of carbonyl (C=O) groups excluding carboxylic acids is 1. The van der Waals surface area contributed by atoms with E-state index in [1.807, 2.05) is 6.92 Å². The molecule has 3 nitrogen and oxygen atoms in total. The summed E-state index contributed by atoms with van der Waals surface area (Å²) in [6.45, 7) is 2.92. The summed E-state index contributed by atoms with van der Waals surface area (Å²) in [4.78, 5) is 11.1. The summed E-state index contributed by atoms with van der Waals surface area (Å²) in [6.07, 6.45) is 5.90. The molecular formula is C10H19NO2. The van der Waals surface area contributed by atoms with Gasteiger partial charge in [0, 0.05) is 6.04 Å². The number of carbonyl (C=O) groups is 1. The molecule has 76 valence electrons. The van der Waals surface area contributed by atoms with Crippen LogP contribution in [0.4, 0.5) is 0 Å². The van der Waals surface area contributed by atoms with Crippen molar-refractivity contribution in [3.05, 3.63) is 0 Å². The molecule has 13 heavy (non-hydrogen) atoms. The second-order valence-corrected chi connectivity index (χ2v) is 3.58. The van der Waals surface area contributed by atoms with Gasteiger partial charge in [0.2, 0.25) is 0 Å². The van der Waals surface area contributed by atoms with E-state index < -0.39 is 0 Å². The molecule has 0 unspecified atom stereocenters. The minimum absolute atomic E-state index is 0.117. The van der Waals surface area contributed by atoms with Crippen LogP contribution in [-0.2, 0) is 9.53 Å². The highest BCUT2D eigenvalue weighted by Gasteiger charge is 2.15. The van der Waals surface area contributed by atoms with Gasteiger partial charge in [-0.1, -0.05) is 19.8 Å². The lowest BCUT2D eigenvalue weighted by Gasteiger charge is -2.10. The van der Waals surface area contributed by atoms with E-state index in [4.69, 9.17) is 4.74 Å².